The zero-order valence-electron chi connectivity index (χ0n) is 12.9. The van der Waals surface area contributed by atoms with Crippen LogP contribution < -0.4 is 14.8 Å². The summed E-state index contributed by atoms with van der Waals surface area (Å²) in [7, 11) is 3.30. The molecule has 2 rings (SSSR count). The molecule has 0 aliphatic carbocycles. The number of nitrogens with zero attached hydrogens (tertiary/aromatic N) is 2. The average Bonchev–Trinajstić information content (AvgIpc) is 2.53. The molecule has 0 amide bonds. The van der Waals surface area contributed by atoms with E-state index in [0.717, 1.165) is 43.1 Å². The number of likely N-dealkylation sites (tertiary alicyclic amines) is 1. The summed E-state index contributed by atoms with van der Waals surface area (Å²) in [6, 6.07) is 8.41. The second-order valence-electron chi connectivity index (χ2n) is 5.38. The standard InChI is InChI=1S/C16H23N3O2/c1-12(10-17)19-6-4-5-13(11-19)18-14-7-15(20-2)9-16(8-14)21-3/h7-9,12-13,18H,4-6,11H2,1-3H3/t12-,13+/m0/s1. The minimum Gasteiger partial charge on any atom is -0.497 e. The first kappa shape index (κ1) is 15.5. The first-order valence-corrected chi connectivity index (χ1v) is 7.29. The Hall–Kier alpha value is -1.93. The molecule has 5 nitrogen and oxygen atoms in total. The van der Waals surface area contributed by atoms with Crippen LogP contribution in [0.2, 0.25) is 0 Å². The number of benzene rings is 1. The molecule has 1 fully saturated rings. The predicted molar refractivity (Wildman–Crippen MR) is 82.8 cm³/mol. The van der Waals surface area contributed by atoms with E-state index in [1.165, 1.54) is 0 Å². The maximum atomic E-state index is 9.05. The van der Waals surface area contributed by atoms with Gasteiger partial charge in [-0.3, -0.25) is 4.90 Å². The smallest absolute Gasteiger partial charge is 0.124 e. The lowest BCUT2D eigenvalue weighted by molar-refractivity contribution is 0.193. The Balaban J connectivity index is 2.05. The largest absolute Gasteiger partial charge is 0.497 e. The third-order valence-electron chi connectivity index (χ3n) is 3.91. The van der Waals surface area contributed by atoms with Gasteiger partial charge in [0.25, 0.3) is 0 Å². The Morgan fingerprint density at radius 2 is 1.95 bits per heavy atom. The van der Waals surface area contributed by atoms with Gasteiger partial charge < -0.3 is 14.8 Å². The highest BCUT2D eigenvalue weighted by atomic mass is 16.5. The number of hydrogen-bond acceptors (Lipinski definition) is 5. The van der Waals surface area contributed by atoms with Crippen molar-refractivity contribution in [2.24, 2.45) is 0 Å². The van der Waals surface area contributed by atoms with Crippen LogP contribution in [0.15, 0.2) is 18.2 Å². The summed E-state index contributed by atoms with van der Waals surface area (Å²) in [4.78, 5) is 2.22. The van der Waals surface area contributed by atoms with Crippen molar-refractivity contribution in [3.8, 4) is 17.6 Å². The number of rotatable bonds is 5. The topological polar surface area (TPSA) is 57.5 Å². The van der Waals surface area contributed by atoms with Gasteiger partial charge in [0, 0.05) is 36.5 Å². The highest BCUT2D eigenvalue weighted by Crippen LogP contribution is 2.27. The Morgan fingerprint density at radius 3 is 2.52 bits per heavy atom. The Labute approximate surface area is 126 Å². The number of anilines is 1. The molecular weight excluding hydrogens is 266 g/mol. The van der Waals surface area contributed by atoms with Crippen LogP contribution in [-0.4, -0.2) is 44.3 Å². The van der Waals surface area contributed by atoms with Crippen LogP contribution in [0.4, 0.5) is 5.69 Å². The first-order chi connectivity index (χ1) is 10.2. The van der Waals surface area contributed by atoms with E-state index in [2.05, 4.69) is 16.3 Å². The fraction of sp³-hybridized carbons (Fsp3) is 0.562. The van der Waals surface area contributed by atoms with Crippen molar-refractivity contribution in [1.29, 1.82) is 5.26 Å². The molecule has 21 heavy (non-hydrogen) atoms. The van der Waals surface area contributed by atoms with Crippen molar-refractivity contribution < 1.29 is 9.47 Å². The van der Waals surface area contributed by atoms with Gasteiger partial charge in [0.05, 0.1) is 26.3 Å². The molecule has 5 heteroatoms. The van der Waals surface area contributed by atoms with Gasteiger partial charge in [-0.05, 0) is 26.3 Å². The number of ether oxygens (including phenoxy) is 2. The molecule has 114 valence electrons. The number of methoxy groups -OCH3 is 2. The zero-order chi connectivity index (χ0) is 15.2. The molecule has 0 saturated carbocycles. The molecular formula is C16H23N3O2. The first-order valence-electron chi connectivity index (χ1n) is 7.29. The molecule has 0 radical (unpaired) electrons. The van der Waals surface area contributed by atoms with Crippen molar-refractivity contribution in [2.45, 2.75) is 31.8 Å². The van der Waals surface area contributed by atoms with E-state index >= 15 is 0 Å². The molecule has 0 bridgehead atoms. The van der Waals surface area contributed by atoms with Crippen LogP contribution in [0.3, 0.4) is 0 Å². The summed E-state index contributed by atoms with van der Waals surface area (Å²) in [5.41, 5.74) is 0.989. The van der Waals surface area contributed by atoms with E-state index in [4.69, 9.17) is 14.7 Å². The molecule has 1 N–H and O–H groups in total. The molecule has 0 spiro atoms. The van der Waals surface area contributed by atoms with E-state index in [9.17, 15) is 0 Å². The SMILES string of the molecule is COc1cc(N[C@@H]2CCCN([C@@H](C)C#N)C2)cc(OC)c1. The lowest BCUT2D eigenvalue weighted by Gasteiger charge is -2.35. The fourth-order valence-electron chi connectivity index (χ4n) is 2.68. The number of nitrogens with one attached hydrogen (secondary N) is 1. The summed E-state index contributed by atoms with van der Waals surface area (Å²) in [6.45, 7) is 3.83. The minimum atomic E-state index is -0.0329. The van der Waals surface area contributed by atoms with Crippen molar-refractivity contribution >= 4 is 5.69 Å². The third-order valence-corrected chi connectivity index (χ3v) is 3.91. The number of piperidine rings is 1. The van der Waals surface area contributed by atoms with Crippen LogP contribution in [0.5, 0.6) is 11.5 Å². The molecule has 1 heterocycles. The van der Waals surface area contributed by atoms with Gasteiger partial charge in [-0.1, -0.05) is 0 Å². The molecule has 0 aromatic heterocycles. The highest BCUT2D eigenvalue weighted by molar-refractivity contribution is 5.54. The molecule has 1 aromatic rings. The van der Waals surface area contributed by atoms with Crippen molar-refractivity contribution in [3.63, 3.8) is 0 Å². The van der Waals surface area contributed by atoms with Crippen LogP contribution in [0, 0.1) is 11.3 Å². The van der Waals surface area contributed by atoms with Gasteiger partial charge in [0.2, 0.25) is 0 Å². The maximum Gasteiger partial charge on any atom is 0.124 e. The van der Waals surface area contributed by atoms with Crippen molar-refractivity contribution in [2.75, 3.05) is 32.6 Å². The molecule has 1 saturated heterocycles. The Morgan fingerprint density at radius 1 is 1.29 bits per heavy atom. The van der Waals surface area contributed by atoms with Gasteiger partial charge in [0.15, 0.2) is 0 Å². The van der Waals surface area contributed by atoms with Gasteiger partial charge >= 0.3 is 0 Å². The second kappa shape index (κ2) is 7.19. The minimum absolute atomic E-state index is 0.0329. The van der Waals surface area contributed by atoms with Crippen LogP contribution in [-0.2, 0) is 0 Å². The normalized spacial score (nSPS) is 20.4. The average molecular weight is 289 g/mol. The van der Waals surface area contributed by atoms with Gasteiger partial charge in [-0.25, -0.2) is 0 Å². The van der Waals surface area contributed by atoms with Crippen LogP contribution >= 0.6 is 0 Å². The van der Waals surface area contributed by atoms with E-state index < -0.39 is 0 Å². The Bertz CT molecular complexity index is 490. The van der Waals surface area contributed by atoms with Gasteiger partial charge in [0.1, 0.15) is 11.5 Å². The summed E-state index contributed by atoms with van der Waals surface area (Å²) in [6.07, 6.45) is 2.21. The lowest BCUT2D eigenvalue weighted by atomic mass is 10.0. The molecule has 1 aliphatic heterocycles. The molecule has 0 unspecified atom stereocenters. The summed E-state index contributed by atoms with van der Waals surface area (Å²) < 4.78 is 10.6. The highest BCUT2D eigenvalue weighted by Gasteiger charge is 2.23. The predicted octanol–water partition coefficient (Wildman–Crippen LogP) is 2.49. The van der Waals surface area contributed by atoms with Crippen LogP contribution in [0.25, 0.3) is 0 Å². The maximum absolute atomic E-state index is 9.05. The van der Waals surface area contributed by atoms with Gasteiger partial charge in [-0.15, -0.1) is 0 Å². The summed E-state index contributed by atoms with van der Waals surface area (Å²) >= 11 is 0. The van der Waals surface area contributed by atoms with Crippen LogP contribution in [0.1, 0.15) is 19.8 Å². The second-order valence-corrected chi connectivity index (χ2v) is 5.38. The molecule has 1 aromatic carbocycles. The number of hydrogen-bond donors (Lipinski definition) is 1. The fourth-order valence-corrected chi connectivity index (χ4v) is 2.68. The van der Waals surface area contributed by atoms with Crippen molar-refractivity contribution in [3.05, 3.63) is 18.2 Å². The summed E-state index contributed by atoms with van der Waals surface area (Å²) in [5.74, 6) is 1.55. The van der Waals surface area contributed by atoms with E-state index in [0.29, 0.717) is 6.04 Å². The quantitative estimate of drug-likeness (QED) is 0.902. The zero-order valence-corrected chi connectivity index (χ0v) is 12.9. The van der Waals surface area contributed by atoms with E-state index in [1.54, 1.807) is 14.2 Å². The Kier molecular flexibility index (Phi) is 5.29. The third kappa shape index (κ3) is 4.02. The molecule has 1 aliphatic rings. The van der Waals surface area contributed by atoms with Crippen molar-refractivity contribution in [1.82, 2.24) is 4.90 Å². The monoisotopic (exact) mass is 289 g/mol. The molecule has 2 atom stereocenters. The summed E-state index contributed by atoms with van der Waals surface area (Å²) in [5, 5.41) is 12.6. The number of nitriles is 1. The lowest BCUT2D eigenvalue weighted by Crippen LogP contribution is -2.45. The van der Waals surface area contributed by atoms with E-state index in [1.807, 2.05) is 25.1 Å². The van der Waals surface area contributed by atoms with E-state index in [-0.39, 0.29) is 6.04 Å². The van der Waals surface area contributed by atoms with Gasteiger partial charge in [-0.2, -0.15) is 5.26 Å².